The zero-order valence-corrected chi connectivity index (χ0v) is 17.6. The number of hydrogen-bond donors (Lipinski definition) is 0. The maximum atomic E-state index is 13.0. The van der Waals surface area contributed by atoms with Gasteiger partial charge in [-0.3, -0.25) is 4.79 Å². The van der Waals surface area contributed by atoms with E-state index in [4.69, 9.17) is 13.9 Å². The number of aryl methyl sites for hydroxylation is 2. The average molecular weight is 409 g/mol. The molecule has 1 amide bonds. The molecule has 2 aromatic carbocycles. The van der Waals surface area contributed by atoms with Crippen LogP contribution in [-0.4, -0.2) is 33.1 Å². The lowest BCUT2D eigenvalue weighted by atomic mass is 10.0. The van der Waals surface area contributed by atoms with E-state index in [1.54, 1.807) is 51.4 Å². The van der Waals surface area contributed by atoms with Gasteiger partial charge in [-0.15, -0.1) is 0 Å². The first-order valence-electron chi connectivity index (χ1n) is 9.33. The van der Waals surface area contributed by atoms with Crippen LogP contribution in [0.4, 0.5) is 5.69 Å². The van der Waals surface area contributed by atoms with Crippen molar-refractivity contribution in [2.75, 3.05) is 26.2 Å². The third-order valence-corrected chi connectivity index (χ3v) is 5.25. The maximum Gasteiger partial charge on any atom is 0.340 e. The summed E-state index contributed by atoms with van der Waals surface area (Å²) in [5.74, 6) is -0.282. The summed E-state index contributed by atoms with van der Waals surface area (Å²) in [6.45, 7) is 3.60. The summed E-state index contributed by atoms with van der Waals surface area (Å²) in [4.78, 5) is 39.0. The van der Waals surface area contributed by atoms with Crippen LogP contribution in [0.5, 0.6) is 5.75 Å². The average Bonchev–Trinajstić information content (AvgIpc) is 2.76. The molecule has 7 heteroatoms. The van der Waals surface area contributed by atoms with E-state index < -0.39 is 11.6 Å². The Morgan fingerprint density at radius 3 is 2.40 bits per heavy atom. The number of nitrogens with zero attached hydrogens (tertiary/aromatic N) is 1. The molecule has 0 fully saturated rings. The van der Waals surface area contributed by atoms with E-state index >= 15 is 0 Å². The molecule has 0 unspecified atom stereocenters. The molecule has 7 nitrogen and oxygen atoms in total. The molecule has 156 valence electrons. The van der Waals surface area contributed by atoms with Crippen LogP contribution in [0.3, 0.4) is 0 Å². The van der Waals surface area contributed by atoms with Crippen molar-refractivity contribution in [2.45, 2.75) is 20.3 Å². The van der Waals surface area contributed by atoms with Crippen molar-refractivity contribution in [3.05, 3.63) is 69.1 Å². The van der Waals surface area contributed by atoms with Gasteiger partial charge in [-0.1, -0.05) is 12.1 Å². The Morgan fingerprint density at radius 2 is 1.73 bits per heavy atom. The van der Waals surface area contributed by atoms with E-state index in [2.05, 4.69) is 0 Å². The summed E-state index contributed by atoms with van der Waals surface area (Å²) in [6, 6.07) is 10.2. The molecule has 30 heavy (non-hydrogen) atoms. The van der Waals surface area contributed by atoms with Crippen LogP contribution in [0.2, 0.25) is 0 Å². The zero-order chi connectivity index (χ0) is 22.0. The van der Waals surface area contributed by atoms with E-state index in [0.29, 0.717) is 22.6 Å². The summed E-state index contributed by atoms with van der Waals surface area (Å²) in [5.41, 5.74) is 2.21. The first-order valence-corrected chi connectivity index (χ1v) is 9.33. The predicted octanol–water partition coefficient (Wildman–Crippen LogP) is 3.41. The molecule has 0 bridgehead atoms. The summed E-state index contributed by atoms with van der Waals surface area (Å²) in [6.07, 6.45) is -0.165. The standard InChI is InChI=1S/C23H23NO6/c1-13-15-10-11-19(28-4)14(2)21(15)30-23(27)17(13)12-20(25)24(3)18-9-7-6-8-16(18)22(26)29-5/h6-11H,12H2,1-5H3. The second-order valence-electron chi connectivity index (χ2n) is 6.90. The van der Waals surface area contributed by atoms with Crippen molar-refractivity contribution in [2.24, 2.45) is 0 Å². The fourth-order valence-corrected chi connectivity index (χ4v) is 3.45. The molecule has 1 heterocycles. The SMILES string of the molecule is COC(=O)c1ccccc1N(C)C(=O)Cc1c(C)c2ccc(OC)c(C)c2oc1=O. The number of hydrogen-bond acceptors (Lipinski definition) is 6. The highest BCUT2D eigenvalue weighted by molar-refractivity contribution is 6.03. The van der Waals surface area contributed by atoms with Gasteiger partial charge in [-0.2, -0.15) is 0 Å². The Kier molecular flexibility index (Phi) is 5.91. The first-order chi connectivity index (χ1) is 14.3. The largest absolute Gasteiger partial charge is 0.496 e. The number of amides is 1. The Morgan fingerprint density at radius 1 is 1.03 bits per heavy atom. The predicted molar refractivity (Wildman–Crippen MR) is 113 cm³/mol. The molecule has 0 spiro atoms. The highest BCUT2D eigenvalue weighted by atomic mass is 16.5. The van der Waals surface area contributed by atoms with Gasteiger partial charge in [0.2, 0.25) is 5.91 Å². The van der Waals surface area contributed by atoms with Crippen molar-refractivity contribution in [1.29, 1.82) is 0 Å². The van der Waals surface area contributed by atoms with Gasteiger partial charge in [0, 0.05) is 18.0 Å². The minimum Gasteiger partial charge on any atom is -0.496 e. The topological polar surface area (TPSA) is 86.1 Å². The van der Waals surface area contributed by atoms with Gasteiger partial charge >= 0.3 is 11.6 Å². The molecule has 0 N–H and O–H groups in total. The number of rotatable bonds is 5. The number of carbonyl (C=O) groups is 2. The number of methoxy groups -OCH3 is 2. The molecule has 0 atom stereocenters. The molecule has 3 rings (SSSR count). The molecule has 0 saturated carbocycles. The van der Waals surface area contributed by atoms with Crippen molar-refractivity contribution in [3.8, 4) is 5.75 Å². The van der Waals surface area contributed by atoms with Gasteiger partial charge in [0.15, 0.2) is 0 Å². The van der Waals surface area contributed by atoms with Gasteiger partial charge in [-0.25, -0.2) is 9.59 Å². The summed E-state index contributed by atoms with van der Waals surface area (Å²) in [5, 5.41) is 0.744. The summed E-state index contributed by atoms with van der Waals surface area (Å²) < 4.78 is 15.6. The quantitative estimate of drug-likeness (QED) is 0.474. The normalized spacial score (nSPS) is 10.7. The summed E-state index contributed by atoms with van der Waals surface area (Å²) in [7, 11) is 4.38. The van der Waals surface area contributed by atoms with Crippen LogP contribution in [0, 0.1) is 13.8 Å². The highest BCUT2D eigenvalue weighted by Gasteiger charge is 2.22. The molecule has 3 aromatic rings. The zero-order valence-electron chi connectivity index (χ0n) is 17.6. The highest BCUT2D eigenvalue weighted by Crippen LogP contribution is 2.29. The minimum absolute atomic E-state index is 0.165. The van der Waals surface area contributed by atoms with E-state index in [9.17, 15) is 14.4 Å². The molecule has 0 aliphatic rings. The van der Waals surface area contributed by atoms with Crippen LogP contribution < -0.4 is 15.3 Å². The molecular weight excluding hydrogens is 386 g/mol. The van der Waals surface area contributed by atoms with Crippen LogP contribution >= 0.6 is 0 Å². The van der Waals surface area contributed by atoms with Crippen LogP contribution in [0.15, 0.2) is 45.6 Å². The summed E-state index contributed by atoms with van der Waals surface area (Å²) >= 11 is 0. The fourth-order valence-electron chi connectivity index (χ4n) is 3.45. The molecular formula is C23H23NO6. The number of fused-ring (bicyclic) bond motifs is 1. The number of likely N-dealkylation sites (N-methyl/N-ethyl adjacent to an activating group) is 1. The van der Waals surface area contributed by atoms with E-state index in [-0.39, 0.29) is 23.5 Å². The van der Waals surface area contributed by atoms with Gasteiger partial charge in [0.1, 0.15) is 11.3 Å². The van der Waals surface area contributed by atoms with Gasteiger partial charge < -0.3 is 18.8 Å². The van der Waals surface area contributed by atoms with Crippen LogP contribution in [0.25, 0.3) is 11.0 Å². The number of esters is 1. The molecule has 0 saturated heterocycles. The fraction of sp³-hybridized carbons (Fsp3) is 0.261. The lowest BCUT2D eigenvalue weighted by molar-refractivity contribution is -0.117. The number of ether oxygens (including phenoxy) is 2. The lowest BCUT2D eigenvalue weighted by Gasteiger charge is -2.20. The van der Waals surface area contributed by atoms with Gasteiger partial charge in [0.25, 0.3) is 0 Å². The minimum atomic E-state index is -0.570. The molecule has 0 aliphatic carbocycles. The Balaban J connectivity index is 2.00. The Bertz CT molecular complexity index is 1190. The number of anilines is 1. The van der Waals surface area contributed by atoms with Crippen molar-refractivity contribution in [1.82, 2.24) is 0 Å². The van der Waals surface area contributed by atoms with E-state index in [1.165, 1.54) is 12.0 Å². The van der Waals surface area contributed by atoms with Crippen molar-refractivity contribution in [3.63, 3.8) is 0 Å². The maximum absolute atomic E-state index is 13.0. The smallest absolute Gasteiger partial charge is 0.340 e. The molecule has 0 radical (unpaired) electrons. The second kappa shape index (κ2) is 8.41. The van der Waals surface area contributed by atoms with Gasteiger partial charge in [-0.05, 0) is 43.7 Å². The first kappa shape index (κ1) is 21.1. The Labute approximate surface area is 173 Å². The van der Waals surface area contributed by atoms with Crippen LogP contribution in [0.1, 0.15) is 27.0 Å². The van der Waals surface area contributed by atoms with E-state index in [1.807, 2.05) is 13.0 Å². The molecule has 0 aliphatic heterocycles. The Hall–Kier alpha value is -3.61. The monoisotopic (exact) mass is 409 g/mol. The van der Waals surface area contributed by atoms with Crippen LogP contribution in [-0.2, 0) is 16.0 Å². The number of carbonyl (C=O) groups excluding carboxylic acids is 2. The van der Waals surface area contributed by atoms with Gasteiger partial charge in [0.05, 0.1) is 37.5 Å². The number of benzene rings is 2. The van der Waals surface area contributed by atoms with Crippen molar-refractivity contribution < 1.29 is 23.5 Å². The molecule has 1 aromatic heterocycles. The number of para-hydroxylation sites is 1. The van der Waals surface area contributed by atoms with E-state index in [0.717, 1.165) is 10.9 Å². The lowest BCUT2D eigenvalue weighted by Crippen LogP contribution is -2.31. The van der Waals surface area contributed by atoms with Crippen molar-refractivity contribution >= 4 is 28.5 Å². The third kappa shape index (κ3) is 3.66. The third-order valence-electron chi connectivity index (χ3n) is 5.25. The second-order valence-corrected chi connectivity index (χ2v) is 6.90.